The number of hydrogen-bond donors (Lipinski definition) is 0. The third-order valence-corrected chi connectivity index (χ3v) is 2.37. The van der Waals surface area contributed by atoms with Crippen molar-refractivity contribution in [3.8, 4) is 0 Å². The molecule has 1 heterocycles. The largest absolute Gasteiger partial charge is 0.492 e. The zero-order valence-electron chi connectivity index (χ0n) is 9.28. The van der Waals surface area contributed by atoms with E-state index in [1.54, 1.807) is 0 Å². The smallest absolute Gasteiger partial charge is 0.360 e. The summed E-state index contributed by atoms with van der Waals surface area (Å²) >= 11 is 0. The van der Waals surface area contributed by atoms with E-state index in [1.807, 2.05) is 36.4 Å². The molecule has 1 aromatic carbocycles. The first-order chi connectivity index (χ1) is 8.45. The first-order valence-electron chi connectivity index (χ1n) is 5.24. The summed E-state index contributed by atoms with van der Waals surface area (Å²) in [5.74, 6) is -2.18. The normalized spacial score (nSPS) is 16.1. The van der Waals surface area contributed by atoms with Gasteiger partial charge in [0.25, 0.3) is 0 Å². The van der Waals surface area contributed by atoms with Crippen molar-refractivity contribution in [2.75, 3.05) is 13.1 Å². The second-order valence-corrected chi connectivity index (χ2v) is 3.89. The van der Waals surface area contributed by atoms with Gasteiger partial charge in [0.15, 0.2) is 0 Å². The van der Waals surface area contributed by atoms with Gasteiger partial charge in [-0.05, 0) is 11.1 Å². The predicted octanol–water partition coefficient (Wildman–Crippen LogP) is 2.41. The molecule has 1 fully saturated rings. The van der Waals surface area contributed by atoms with Crippen LogP contribution in [0.2, 0.25) is 0 Å². The number of rotatable bonds is 2. The maximum atomic E-state index is 11.9. The highest BCUT2D eigenvalue weighted by Crippen LogP contribution is 2.22. The molecule has 1 aliphatic rings. The highest BCUT2D eigenvalue weighted by atomic mass is 19.4. The van der Waals surface area contributed by atoms with Crippen molar-refractivity contribution in [1.29, 1.82) is 0 Å². The van der Waals surface area contributed by atoms with E-state index in [1.165, 1.54) is 0 Å². The Morgan fingerprint density at radius 3 is 2.39 bits per heavy atom. The summed E-state index contributed by atoms with van der Waals surface area (Å²) in [4.78, 5) is 14.7. The van der Waals surface area contributed by atoms with Crippen LogP contribution >= 0.6 is 0 Å². The number of hydrogen-bond acceptors (Lipinski definition) is 3. The first-order valence-corrected chi connectivity index (χ1v) is 5.24. The van der Waals surface area contributed by atoms with Crippen molar-refractivity contribution in [3.63, 3.8) is 0 Å². The molecule has 0 bridgehead atoms. The molecule has 0 unspecified atom stereocenters. The monoisotopic (exact) mass is 257 g/mol. The van der Waals surface area contributed by atoms with Crippen molar-refractivity contribution < 1.29 is 22.8 Å². The van der Waals surface area contributed by atoms with Crippen molar-refractivity contribution in [2.24, 2.45) is 0 Å². The second-order valence-electron chi connectivity index (χ2n) is 3.89. The topological polar surface area (TPSA) is 29.5 Å². The fraction of sp³-hybridized carbons (Fsp3) is 0.250. The van der Waals surface area contributed by atoms with Crippen LogP contribution < -0.4 is 0 Å². The van der Waals surface area contributed by atoms with Gasteiger partial charge in [0.1, 0.15) is 0 Å². The SMILES string of the molecule is O=C(ON1CC(=Cc2ccccc2)C1)C(F)(F)F. The van der Waals surface area contributed by atoms with Crippen molar-refractivity contribution in [2.45, 2.75) is 6.18 Å². The Bertz CT molecular complexity index is 460. The fourth-order valence-electron chi connectivity index (χ4n) is 1.52. The van der Waals surface area contributed by atoms with Crippen LogP contribution in [0.3, 0.4) is 0 Å². The predicted molar refractivity (Wildman–Crippen MR) is 58.1 cm³/mol. The molecule has 18 heavy (non-hydrogen) atoms. The molecule has 2 rings (SSSR count). The van der Waals surface area contributed by atoms with E-state index in [-0.39, 0.29) is 13.1 Å². The molecule has 6 heteroatoms. The number of hydroxylamine groups is 2. The highest BCUT2D eigenvalue weighted by Gasteiger charge is 2.43. The molecule has 0 spiro atoms. The van der Waals surface area contributed by atoms with E-state index < -0.39 is 12.1 Å². The number of halogens is 3. The van der Waals surface area contributed by atoms with Crippen molar-refractivity contribution in [1.82, 2.24) is 5.06 Å². The summed E-state index contributed by atoms with van der Waals surface area (Å²) < 4.78 is 35.7. The summed E-state index contributed by atoms with van der Waals surface area (Å²) in [5.41, 5.74) is 1.88. The zero-order chi connectivity index (χ0) is 13.2. The van der Waals surface area contributed by atoms with Gasteiger partial charge in [-0.1, -0.05) is 36.4 Å². The van der Waals surface area contributed by atoms with E-state index in [2.05, 4.69) is 4.84 Å². The maximum absolute atomic E-state index is 11.9. The minimum atomic E-state index is -4.95. The van der Waals surface area contributed by atoms with Crippen LogP contribution in [0.1, 0.15) is 5.56 Å². The molecule has 96 valence electrons. The average molecular weight is 257 g/mol. The van der Waals surface area contributed by atoms with E-state index in [0.29, 0.717) is 0 Å². The average Bonchev–Trinajstić information content (AvgIpc) is 2.26. The summed E-state index contributed by atoms with van der Waals surface area (Å²) in [7, 11) is 0. The minimum absolute atomic E-state index is 0.205. The van der Waals surface area contributed by atoms with Gasteiger partial charge in [0.2, 0.25) is 0 Å². The number of carbonyl (C=O) groups is 1. The number of alkyl halides is 3. The number of nitrogens with zero attached hydrogens (tertiary/aromatic N) is 1. The lowest BCUT2D eigenvalue weighted by Gasteiger charge is -2.31. The molecular weight excluding hydrogens is 247 g/mol. The van der Waals surface area contributed by atoms with E-state index in [4.69, 9.17) is 0 Å². The summed E-state index contributed by atoms with van der Waals surface area (Å²) in [6.45, 7) is 0.410. The molecule has 0 N–H and O–H groups in total. The molecule has 0 amide bonds. The molecule has 0 aliphatic carbocycles. The lowest BCUT2D eigenvalue weighted by Crippen LogP contribution is -2.44. The van der Waals surface area contributed by atoms with Crippen molar-refractivity contribution >= 4 is 12.0 Å². The minimum Gasteiger partial charge on any atom is -0.360 e. The summed E-state index contributed by atoms with van der Waals surface area (Å²) in [5, 5.41) is 0.977. The molecule has 1 aliphatic heterocycles. The van der Waals surface area contributed by atoms with Crippen LogP contribution in [0.25, 0.3) is 6.08 Å². The molecule has 0 aromatic heterocycles. The Morgan fingerprint density at radius 1 is 1.22 bits per heavy atom. The van der Waals surface area contributed by atoms with Gasteiger partial charge >= 0.3 is 12.1 Å². The van der Waals surface area contributed by atoms with Gasteiger partial charge in [-0.3, -0.25) is 0 Å². The van der Waals surface area contributed by atoms with Crippen LogP contribution in [-0.4, -0.2) is 30.3 Å². The molecule has 1 aromatic rings. The van der Waals surface area contributed by atoms with Crippen LogP contribution in [0.15, 0.2) is 35.9 Å². The quantitative estimate of drug-likeness (QED) is 0.814. The van der Waals surface area contributed by atoms with Crippen molar-refractivity contribution in [3.05, 3.63) is 41.5 Å². The van der Waals surface area contributed by atoms with Crippen LogP contribution in [-0.2, 0) is 9.63 Å². The Morgan fingerprint density at radius 2 is 1.83 bits per heavy atom. The molecule has 3 nitrogen and oxygen atoms in total. The third-order valence-electron chi connectivity index (χ3n) is 2.37. The molecular formula is C12H10F3NO2. The fourth-order valence-corrected chi connectivity index (χ4v) is 1.52. The number of carbonyl (C=O) groups excluding carboxylic acids is 1. The van der Waals surface area contributed by atoms with Crippen LogP contribution in [0, 0.1) is 0 Å². The van der Waals surface area contributed by atoms with Gasteiger partial charge in [0, 0.05) is 0 Å². The highest BCUT2D eigenvalue weighted by molar-refractivity contribution is 5.75. The first kappa shape index (κ1) is 12.6. The van der Waals surface area contributed by atoms with Gasteiger partial charge in [-0.2, -0.15) is 13.2 Å². The van der Waals surface area contributed by atoms with Gasteiger partial charge < -0.3 is 4.84 Å². The number of benzene rings is 1. The van der Waals surface area contributed by atoms with E-state index in [9.17, 15) is 18.0 Å². The van der Waals surface area contributed by atoms with E-state index in [0.717, 1.165) is 16.2 Å². The lowest BCUT2D eigenvalue weighted by atomic mass is 10.1. The Labute approximate surface area is 101 Å². The second kappa shape index (κ2) is 4.81. The van der Waals surface area contributed by atoms with Crippen LogP contribution in [0.5, 0.6) is 0 Å². The molecule has 1 saturated heterocycles. The standard InChI is InChI=1S/C12H10F3NO2/c13-12(14,15)11(17)18-16-7-10(8-16)6-9-4-2-1-3-5-9/h1-6H,7-8H2. The maximum Gasteiger partial charge on any atom is 0.492 e. The van der Waals surface area contributed by atoms with Gasteiger partial charge in [-0.25, -0.2) is 4.79 Å². The lowest BCUT2D eigenvalue weighted by molar-refractivity contribution is -0.242. The Kier molecular flexibility index (Phi) is 3.38. The Balaban J connectivity index is 1.85. The third kappa shape index (κ3) is 3.10. The van der Waals surface area contributed by atoms with Gasteiger partial charge in [-0.15, -0.1) is 5.06 Å². The molecule has 0 saturated carbocycles. The van der Waals surface area contributed by atoms with Crippen LogP contribution in [0.4, 0.5) is 13.2 Å². The summed E-state index contributed by atoms with van der Waals surface area (Å²) in [6, 6.07) is 9.38. The molecule has 0 atom stereocenters. The Hall–Kier alpha value is -1.82. The van der Waals surface area contributed by atoms with E-state index >= 15 is 0 Å². The molecule has 0 radical (unpaired) electrons. The summed E-state index contributed by atoms with van der Waals surface area (Å²) in [6.07, 6.45) is -3.09. The zero-order valence-corrected chi connectivity index (χ0v) is 9.28. The van der Waals surface area contributed by atoms with Gasteiger partial charge in [0.05, 0.1) is 13.1 Å².